The largest absolute Gasteiger partial charge is 0.378 e. The molecular formula is C34H37N7O3. The maximum absolute atomic E-state index is 13.6. The van der Waals surface area contributed by atoms with Crippen molar-refractivity contribution in [3.8, 4) is 11.3 Å². The summed E-state index contributed by atoms with van der Waals surface area (Å²) in [7, 11) is 0. The molecule has 2 amide bonds. The molecule has 4 aromatic rings. The molecule has 0 bridgehead atoms. The average Bonchev–Trinajstić information content (AvgIpc) is 3.61. The van der Waals surface area contributed by atoms with Crippen LogP contribution >= 0.6 is 0 Å². The standard InChI is InChI=1S/C34H37N7O3/c1-3-29(42)39-33(2)13-14-41(21-33)26-6-4-5-24(19-26)34(11-12-34)32(43)37-25-9-7-23(8-10-25)28-20-27-30(38-28)35-22-36-31(27)40-15-17-44-18-16-40/h3-10,19-20,22H,1,11-18,21H2,2H3,(H,37,43)(H,39,42)(H,35,36,38)/t33-/m1/s1. The zero-order valence-corrected chi connectivity index (χ0v) is 24.9. The maximum Gasteiger partial charge on any atom is 0.243 e. The molecule has 2 saturated heterocycles. The van der Waals surface area contributed by atoms with Crippen LogP contribution in [0.25, 0.3) is 22.3 Å². The Kier molecular flexibility index (Phi) is 7.08. The molecule has 3 fully saturated rings. The first-order chi connectivity index (χ1) is 21.4. The molecule has 3 aliphatic rings. The van der Waals surface area contributed by atoms with Crippen molar-refractivity contribution in [2.24, 2.45) is 0 Å². The second kappa shape index (κ2) is 11.1. The number of fused-ring (bicyclic) bond motifs is 1. The van der Waals surface area contributed by atoms with Crippen LogP contribution in [0.2, 0.25) is 0 Å². The number of nitrogens with one attached hydrogen (secondary N) is 3. The van der Waals surface area contributed by atoms with E-state index in [0.717, 1.165) is 83.9 Å². The molecule has 10 heteroatoms. The van der Waals surface area contributed by atoms with Crippen LogP contribution < -0.4 is 20.4 Å². The lowest BCUT2D eigenvalue weighted by Gasteiger charge is -2.27. The van der Waals surface area contributed by atoms with Gasteiger partial charge in [-0.15, -0.1) is 0 Å². The number of carbonyl (C=O) groups excluding carboxylic acids is 2. The SMILES string of the molecule is C=CC(=O)N[C@]1(C)CCN(c2cccc(C3(C(=O)Nc4ccc(-c5cc6c(N7CCOCC7)ncnc6[nH]5)cc4)CC3)c2)C1. The predicted molar refractivity (Wildman–Crippen MR) is 172 cm³/mol. The van der Waals surface area contributed by atoms with E-state index >= 15 is 0 Å². The van der Waals surface area contributed by atoms with Gasteiger partial charge in [-0.25, -0.2) is 9.97 Å². The molecule has 3 N–H and O–H groups in total. The highest BCUT2D eigenvalue weighted by molar-refractivity contribution is 6.02. The zero-order chi connectivity index (χ0) is 30.3. The van der Waals surface area contributed by atoms with Crippen LogP contribution in [0, 0.1) is 0 Å². The predicted octanol–water partition coefficient (Wildman–Crippen LogP) is 4.40. The van der Waals surface area contributed by atoms with Gasteiger partial charge in [0.1, 0.15) is 17.8 Å². The van der Waals surface area contributed by atoms with Crippen LogP contribution in [0.5, 0.6) is 0 Å². The number of rotatable bonds is 8. The number of carbonyl (C=O) groups is 2. The van der Waals surface area contributed by atoms with E-state index in [0.29, 0.717) is 19.8 Å². The molecule has 10 nitrogen and oxygen atoms in total. The van der Waals surface area contributed by atoms with Gasteiger partial charge in [0.15, 0.2) is 0 Å². The summed E-state index contributed by atoms with van der Waals surface area (Å²) in [5.41, 5.74) is 4.78. The molecule has 226 valence electrons. The summed E-state index contributed by atoms with van der Waals surface area (Å²) in [5, 5.41) is 7.22. The maximum atomic E-state index is 13.6. The minimum atomic E-state index is -0.527. The Morgan fingerprint density at radius 1 is 1.00 bits per heavy atom. The summed E-state index contributed by atoms with van der Waals surface area (Å²) in [4.78, 5) is 42.5. The lowest BCUT2D eigenvalue weighted by atomic mass is 9.94. The van der Waals surface area contributed by atoms with Gasteiger partial charge in [0, 0.05) is 43.2 Å². The summed E-state index contributed by atoms with van der Waals surface area (Å²) in [6.45, 7) is 10.2. The summed E-state index contributed by atoms with van der Waals surface area (Å²) in [6.07, 6.45) is 5.39. The fraction of sp³-hybridized carbons (Fsp3) is 0.353. The molecule has 0 unspecified atom stereocenters. The average molecular weight is 592 g/mol. The number of H-pyrrole nitrogens is 1. The van der Waals surface area contributed by atoms with Crippen LogP contribution in [0.4, 0.5) is 17.2 Å². The van der Waals surface area contributed by atoms with E-state index in [9.17, 15) is 9.59 Å². The third-order valence-corrected chi connectivity index (χ3v) is 9.20. The van der Waals surface area contributed by atoms with Crippen molar-refractivity contribution in [1.82, 2.24) is 20.3 Å². The molecule has 44 heavy (non-hydrogen) atoms. The molecule has 7 rings (SSSR count). The number of aromatic nitrogens is 3. The second-order valence-electron chi connectivity index (χ2n) is 12.3. The van der Waals surface area contributed by atoms with Crippen molar-refractivity contribution in [2.45, 2.75) is 37.1 Å². The van der Waals surface area contributed by atoms with E-state index in [1.807, 2.05) is 30.3 Å². The topological polar surface area (TPSA) is 115 Å². The van der Waals surface area contributed by atoms with Gasteiger partial charge in [0.05, 0.1) is 29.6 Å². The van der Waals surface area contributed by atoms with Gasteiger partial charge in [-0.2, -0.15) is 0 Å². The number of hydrogen-bond donors (Lipinski definition) is 3. The number of anilines is 3. The van der Waals surface area contributed by atoms with Crippen molar-refractivity contribution >= 4 is 40.0 Å². The van der Waals surface area contributed by atoms with Gasteiger partial charge >= 0.3 is 0 Å². The molecule has 1 saturated carbocycles. The summed E-state index contributed by atoms with van der Waals surface area (Å²) >= 11 is 0. The van der Waals surface area contributed by atoms with Gasteiger partial charge in [0.25, 0.3) is 0 Å². The van der Waals surface area contributed by atoms with E-state index in [1.54, 1.807) is 6.33 Å². The van der Waals surface area contributed by atoms with E-state index in [4.69, 9.17) is 4.74 Å². The second-order valence-corrected chi connectivity index (χ2v) is 12.3. The Balaban J connectivity index is 1.04. The fourth-order valence-corrected chi connectivity index (χ4v) is 6.50. The quantitative estimate of drug-likeness (QED) is 0.260. The number of benzene rings is 2. The van der Waals surface area contributed by atoms with Gasteiger partial charge < -0.3 is 30.2 Å². The first-order valence-corrected chi connectivity index (χ1v) is 15.2. The van der Waals surface area contributed by atoms with Gasteiger partial charge in [-0.05, 0) is 73.7 Å². The molecule has 4 heterocycles. The number of amides is 2. The van der Waals surface area contributed by atoms with Crippen molar-refractivity contribution < 1.29 is 14.3 Å². The van der Waals surface area contributed by atoms with Crippen LogP contribution in [0.3, 0.4) is 0 Å². The van der Waals surface area contributed by atoms with Crippen LogP contribution in [-0.2, 0) is 19.7 Å². The van der Waals surface area contributed by atoms with Crippen LogP contribution in [-0.4, -0.2) is 71.7 Å². The van der Waals surface area contributed by atoms with E-state index in [1.165, 1.54) is 6.08 Å². The van der Waals surface area contributed by atoms with Crippen molar-refractivity contribution in [1.29, 1.82) is 0 Å². The highest BCUT2D eigenvalue weighted by Crippen LogP contribution is 2.50. The minimum Gasteiger partial charge on any atom is -0.378 e. The summed E-state index contributed by atoms with van der Waals surface area (Å²) < 4.78 is 5.50. The Bertz CT molecular complexity index is 1720. The van der Waals surface area contributed by atoms with E-state index in [-0.39, 0.29) is 17.4 Å². The highest BCUT2D eigenvalue weighted by atomic mass is 16.5. The number of morpholine rings is 1. The fourth-order valence-electron chi connectivity index (χ4n) is 6.50. The molecule has 2 aromatic carbocycles. The number of ether oxygens (including phenoxy) is 1. The lowest BCUT2D eigenvalue weighted by molar-refractivity contribution is -0.119. The Morgan fingerprint density at radius 2 is 1.80 bits per heavy atom. The molecule has 2 aliphatic heterocycles. The molecule has 1 atom stereocenters. The molecule has 0 spiro atoms. The molecular weight excluding hydrogens is 554 g/mol. The lowest BCUT2D eigenvalue weighted by Crippen LogP contribution is -2.47. The number of nitrogens with zero attached hydrogens (tertiary/aromatic N) is 4. The van der Waals surface area contributed by atoms with Crippen LogP contribution in [0.1, 0.15) is 31.7 Å². The summed E-state index contributed by atoms with van der Waals surface area (Å²) in [5.74, 6) is 0.780. The summed E-state index contributed by atoms with van der Waals surface area (Å²) in [6, 6.07) is 18.3. The van der Waals surface area contributed by atoms with E-state index < -0.39 is 5.41 Å². The first-order valence-electron chi connectivity index (χ1n) is 15.2. The van der Waals surface area contributed by atoms with Gasteiger partial charge in [0.2, 0.25) is 11.8 Å². The smallest absolute Gasteiger partial charge is 0.243 e. The Labute approximate surface area is 256 Å². The molecule has 2 aromatic heterocycles. The Morgan fingerprint density at radius 3 is 2.55 bits per heavy atom. The third-order valence-electron chi connectivity index (χ3n) is 9.20. The van der Waals surface area contributed by atoms with Crippen LogP contribution in [0.15, 0.2) is 73.6 Å². The van der Waals surface area contributed by atoms with Gasteiger partial charge in [-0.3, -0.25) is 9.59 Å². The molecule has 1 aliphatic carbocycles. The van der Waals surface area contributed by atoms with Crippen molar-refractivity contribution in [2.75, 3.05) is 54.5 Å². The first kappa shape index (κ1) is 28.1. The highest BCUT2D eigenvalue weighted by Gasteiger charge is 2.51. The Hall–Kier alpha value is -4.70. The van der Waals surface area contributed by atoms with Crippen molar-refractivity contribution in [3.63, 3.8) is 0 Å². The molecule has 0 radical (unpaired) electrons. The third kappa shape index (κ3) is 5.30. The van der Waals surface area contributed by atoms with Crippen molar-refractivity contribution in [3.05, 3.63) is 79.1 Å². The number of aromatic amines is 1. The number of hydrogen-bond acceptors (Lipinski definition) is 7. The van der Waals surface area contributed by atoms with Gasteiger partial charge in [-0.1, -0.05) is 30.8 Å². The zero-order valence-electron chi connectivity index (χ0n) is 24.9. The minimum absolute atomic E-state index is 0.0166. The van der Waals surface area contributed by atoms with E-state index in [2.05, 4.69) is 73.2 Å². The normalized spacial score (nSPS) is 20.8. The monoisotopic (exact) mass is 591 g/mol.